The molecule has 0 aliphatic heterocycles. The van der Waals surface area contributed by atoms with E-state index in [1.807, 2.05) is 13.0 Å². The summed E-state index contributed by atoms with van der Waals surface area (Å²) >= 11 is 0. The van der Waals surface area contributed by atoms with E-state index in [-0.39, 0.29) is 17.0 Å². The summed E-state index contributed by atoms with van der Waals surface area (Å²) in [7, 11) is -3.79. The van der Waals surface area contributed by atoms with Gasteiger partial charge in [0.1, 0.15) is 0 Å². The predicted molar refractivity (Wildman–Crippen MR) is 90.7 cm³/mol. The van der Waals surface area contributed by atoms with Gasteiger partial charge in [0.15, 0.2) is 0 Å². The molecule has 2 N–H and O–H groups in total. The Bertz CT molecular complexity index is 876. The summed E-state index contributed by atoms with van der Waals surface area (Å²) in [5.41, 5.74) is 3.14. The smallest absolute Gasteiger partial charge is 0.335 e. The number of aromatic nitrogens is 1. The Morgan fingerprint density at radius 3 is 2.54 bits per heavy atom. The summed E-state index contributed by atoms with van der Waals surface area (Å²) in [6.45, 7) is 5.51. The van der Waals surface area contributed by atoms with Gasteiger partial charge in [0, 0.05) is 18.9 Å². The van der Waals surface area contributed by atoms with Crippen LogP contribution in [0.15, 0.2) is 35.5 Å². The van der Waals surface area contributed by atoms with Crippen LogP contribution >= 0.6 is 0 Å². The first-order valence-electron chi connectivity index (χ1n) is 7.46. The number of aromatic carboxylic acids is 1. The molecule has 6 nitrogen and oxygen atoms in total. The Kier molecular flexibility index (Phi) is 5.36. The monoisotopic (exact) mass is 348 g/mol. The van der Waals surface area contributed by atoms with Crippen molar-refractivity contribution in [3.05, 3.63) is 58.4 Å². The predicted octanol–water partition coefficient (Wildman–Crippen LogP) is 2.23. The molecule has 0 atom stereocenters. The molecule has 24 heavy (non-hydrogen) atoms. The number of pyridine rings is 1. The van der Waals surface area contributed by atoms with Gasteiger partial charge in [0.05, 0.1) is 10.5 Å². The largest absolute Gasteiger partial charge is 0.478 e. The number of hydrogen-bond donors (Lipinski definition) is 2. The van der Waals surface area contributed by atoms with E-state index in [1.54, 1.807) is 26.2 Å². The third kappa shape index (κ3) is 3.98. The van der Waals surface area contributed by atoms with Gasteiger partial charge in [0.2, 0.25) is 10.0 Å². The van der Waals surface area contributed by atoms with E-state index in [0.717, 1.165) is 11.1 Å². The highest BCUT2D eigenvalue weighted by Crippen LogP contribution is 2.21. The Morgan fingerprint density at radius 1 is 1.21 bits per heavy atom. The van der Waals surface area contributed by atoms with Crippen LogP contribution in [-0.4, -0.2) is 31.0 Å². The average molecular weight is 348 g/mol. The molecule has 0 saturated carbocycles. The molecule has 0 fully saturated rings. The lowest BCUT2D eigenvalue weighted by atomic mass is 10.1. The van der Waals surface area contributed by atoms with Crippen molar-refractivity contribution in [2.75, 3.05) is 6.54 Å². The highest BCUT2D eigenvalue weighted by Gasteiger charge is 2.20. The number of carboxylic acids is 1. The number of sulfonamides is 1. The first-order chi connectivity index (χ1) is 11.2. The molecule has 0 radical (unpaired) electrons. The molecule has 2 aromatic rings. The average Bonchev–Trinajstić information content (AvgIpc) is 2.51. The second-order valence-electron chi connectivity index (χ2n) is 5.67. The number of nitrogens with zero attached hydrogens (tertiary/aromatic N) is 1. The maximum atomic E-state index is 12.5. The number of rotatable bonds is 6. The van der Waals surface area contributed by atoms with E-state index in [4.69, 9.17) is 5.11 Å². The Labute approximate surface area is 141 Å². The van der Waals surface area contributed by atoms with Gasteiger partial charge in [-0.1, -0.05) is 0 Å². The van der Waals surface area contributed by atoms with E-state index in [0.29, 0.717) is 17.5 Å². The molecule has 0 spiro atoms. The SMILES string of the molecule is Cc1ccncc1CCNS(=O)(=O)c1cc(C(=O)O)cc(C)c1C. The molecule has 1 heterocycles. The van der Waals surface area contributed by atoms with E-state index in [9.17, 15) is 13.2 Å². The zero-order valence-corrected chi connectivity index (χ0v) is 14.6. The topological polar surface area (TPSA) is 96.4 Å². The van der Waals surface area contributed by atoms with E-state index in [2.05, 4.69) is 9.71 Å². The van der Waals surface area contributed by atoms with E-state index < -0.39 is 16.0 Å². The summed E-state index contributed by atoms with van der Waals surface area (Å²) < 4.78 is 27.6. The lowest BCUT2D eigenvalue weighted by molar-refractivity contribution is 0.0696. The normalized spacial score (nSPS) is 11.5. The van der Waals surface area contributed by atoms with Gasteiger partial charge >= 0.3 is 5.97 Å². The zero-order chi connectivity index (χ0) is 17.9. The Hall–Kier alpha value is -2.25. The molecular formula is C17H20N2O4S. The number of benzene rings is 1. The molecular weight excluding hydrogens is 328 g/mol. The van der Waals surface area contributed by atoms with Crippen molar-refractivity contribution >= 4 is 16.0 Å². The lowest BCUT2D eigenvalue weighted by Crippen LogP contribution is -2.27. The molecule has 0 aliphatic rings. The van der Waals surface area contributed by atoms with Crippen LogP contribution in [0.3, 0.4) is 0 Å². The van der Waals surface area contributed by atoms with Gasteiger partial charge in [-0.3, -0.25) is 4.98 Å². The van der Waals surface area contributed by atoms with Crippen molar-refractivity contribution in [3.8, 4) is 0 Å². The second-order valence-corrected chi connectivity index (χ2v) is 7.41. The lowest BCUT2D eigenvalue weighted by Gasteiger charge is -2.13. The molecule has 7 heteroatoms. The number of aryl methyl sites for hydroxylation is 2. The van der Waals surface area contributed by atoms with Crippen LogP contribution in [0, 0.1) is 20.8 Å². The van der Waals surface area contributed by atoms with Crippen LogP contribution in [-0.2, 0) is 16.4 Å². The molecule has 0 amide bonds. The maximum absolute atomic E-state index is 12.5. The maximum Gasteiger partial charge on any atom is 0.335 e. The fourth-order valence-corrected chi connectivity index (χ4v) is 3.76. The number of carbonyl (C=O) groups is 1. The first kappa shape index (κ1) is 18.1. The quantitative estimate of drug-likeness (QED) is 0.834. The van der Waals surface area contributed by atoms with Gasteiger partial charge in [-0.05, 0) is 67.6 Å². The van der Waals surface area contributed by atoms with Gasteiger partial charge in [-0.25, -0.2) is 17.9 Å². The van der Waals surface area contributed by atoms with Crippen LogP contribution < -0.4 is 4.72 Å². The molecule has 0 saturated heterocycles. The molecule has 0 bridgehead atoms. The Balaban J connectivity index is 2.22. The number of nitrogens with one attached hydrogen (secondary N) is 1. The van der Waals surface area contributed by atoms with Crippen LogP contribution in [0.25, 0.3) is 0 Å². The fraction of sp³-hybridized carbons (Fsp3) is 0.294. The molecule has 1 aromatic heterocycles. The molecule has 2 rings (SSSR count). The van der Waals surface area contributed by atoms with Crippen LogP contribution in [0.5, 0.6) is 0 Å². The molecule has 128 valence electrons. The summed E-state index contributed by atoms with van der Waals surface area (Å²) in [6, 6.07) is 4.53. The van der Waals surface area contributed by atoms with Gasteiger partial charge in [-0.2, -0.15) is 0 Å². The van der Waals surface area contributed by atoms with Crippen molar-refractivity contribution in [3.63, 3.8) is 0 Å². The van der Waals surface area contributed by atoms with Crippen molar-refractivity contribution in [1.82, 2.24) is 9.71 Å². The van der Waals surface area contributed by atoms with Crippen LogP contribution in [0.1, 0.15) is 32.6 Å². The van der Waals surface area contributed by atoms with E-state index in [1.165, 1.54) is 12.1 Å². The summed E-state index contributed by atoms with van der Waals surface area (Å²) in [6.07, 6.45) is 3.91. The van der Waals surface area contributed by atoms with Gasteiger partial charge in [-0.15, -0.1) is 0 Å². The summed E-state index contributed by atoms with van der Waals surface area (Å²) in [4.78, 5) is 15.2. The molecule has 1 aromatic carbocycles. The highest BCUT2D eigenvalue weighted by molar-refractivity contribution is 7.89. The highest BCUT2D eigenvalue weighted by atomic mass is 32.2. The minimum Gasteiger partial charge on any atom is -0.478 e. The third-order valence-corrected chi connectivity index (χ3v) is 5.58. The fourth-order valence-electron chi connectivity index (χ4n) is 2.39. The van der Waals surface area contributed by atoms with Crippen molar-refractivity contribution < 1.29 is 18.3 Å². The Morgan fingerprint density at radius 2 is 1.92 bits per heavy atom. The second kappa shape index (κ2) is 7.11. The molecule has 0 unspecified atom stereocenters. The van der Waals surface area contributed by atoms with Crippen LogP contribution in [0.2, 0.25) is 0 Å². The number of hydrogen-bond acceptors (Lipinski definition) is 4. The summed E-state index contributed by atoms with van der Waals surface area (Å²) in [5, 5.41) is 9.12. The van der Waals surface area contributed by atoms with Gasteiger partial charge in [0.25, 0.3) is 0 Å². The van der Waals surface area contributed by atoms with Crippen molar-refractivity contribution in [2.45, 2.75) is 32.1 Å². The number of carboxylic acid groups (broad SMARTS) is 1. The molecule has 0 aliphatic carbocycles. The minimum absolute atomic E-state index is 0.00260. The van der Waals surface area contributed by atoms with E-state index >= 15 is 0 Å². The minimum atomic E-state index is -3.79. The zero-order valence-electron chi connectivity index (χ0n) is 13.8. The van der Waals surface area contributed by atoms with Crippen molar-refractivity contribution in [2.24, 2.45) is 0 Å². The van der Waals surface area contributed by atoms with Crippen LogP contribution in [0.4, 0.5) is 0 Å². The first-order valence-corrected chi connectivity index (χ1v) is 8.94. The van der Waals surface area contributed by atoms with Crippen molar-refractivity contribution in [1.29, 1.82) is 0 Å². The third-order valence-electron chi connectivity index (χ3n) is 3.99. The summed E-state index contributed by atoms with van der Waals surface area (Å²) in [5.74, 6) is -1.15. The van der Waals surface area contributed by atoms with Gasteiger partial charge < -0.3 is 5.11 Å². The standard InChI is InChI=1S/C17H20N2O4S/c1-11-4-6-18-10-14(11)5-7-19-24(22,23)16-9-15(17(20)21)8-12(2)13(16)3/h4,6,8-10,19H,5,7H2,1-3H3,(H,20,21).